The van der Waals surface area contributed by atoms with E-state index in [1.165, 1.54) is 0 Å². The Hall–Kier alpha value is -2.08. The van der Waals surface area contributed by atoms with Crippen molar-refractivity contribution in [3.63, 3.8) is 0 Å². The van der Waals surface area contributed by atoms with Crippen molar-refractivity contribution in [1.29, 1.82) is 0 Å². The van der Waals surface area contributed by atoms with Crippen LogP contribution in [0.1, 0.15) is 43.9 Å². The molecule has 2 aromatic rings. The largest absolute Gasteiger partial charge is 0.494 e. The van der Waals surface area contributed by atoms with Gasteiger partial charge in [0.15, 0.2) is 0 Å². The first kappa shape index (κ1) is 20.6. The van der Waals surface area contributed by atoms with Crippen LogP contribution in [-0.2, 0) is 0 Å². The highest BCUT2D eigenvalue weighted by atomic mass is 16.5. The van der Waals surface area contributed by atoms with Crippen LogP contribution in [0.2, 0.25) is 0 Å². The van der Waals surface area contributed by atoms with E-state index < -0.39 is 6.10 Å². The number of benzene rings is 2. The van der Waals surface area contributed by atoms with E-state index in [0.717, 1.165) is 72.8 Å². The first-order valence-corrected chi connectivity index (χ1v) is 10.4. The number of ether oxygens (including phenoxy) is 2. The summed E-state index contributed by atoms with van der Waals surface area (Å²) in [6.07, 6.45) is 1.28. The van der Waals surface area contributed by atoms with Gasteiger partial charge in [-0.25, -0.2) is 0 Å². The second-order valence-electron chi connectivity index (χ2n) is 7.01. The van der Waals surface area contributed by atoms with Crippen molar-refractivity contribution < 1.29 is 14.6 Å². The molecule has 0 radical (unpaired) electrons. The molecule has 0 amide bonds. The average molecular weight is 385 g/mol. The Morgan fingerprint density at radius 3 is 1.68 bits per heavy atom. The van der Waals surface area contributed by atoms with Gasteiger partial charge in [0.05, 0.1) is 13.2 Å². The molecule has 0 atom stereocenters. The molecule has 0 saturated carbocycles. The summed E-state index contributed by atoms with van der Waals surface area (Å²) in [5.74, 6) is 1.61. The summed E-state index contributed by atoms with van der Waals surface area (Å²) < 4.78 is 11.7. The lowest BCUT2D eigenvalue weighted by atomic mass is 10.1. The van der Waals surface area contributed by atoms with Crippen LogP contribution in [0.5, 0.6) is 11.5 Å². The van der Waals surface area contributed by atoms with E-state index in [1.54, 1.807) is 0 Å². The number of hydrogen-bond acceptors (Lipinski definition) is 5. The molecule has 0 unspecified atom stereocenters. The fourth-order valence-corrected chi connectivity index (χ4v) is 3.50. The predicted molar refractivity (Wildman–Crippen MR) is 113 cm³/mol. The average Bonchev–Trinajstić information content (AvgIpc) is 2.99. The minimum Gasteiger partial charge on any atom is -0.494 e. The van der Waals surface area contributed by atoms with E-state index in [4.69, 9.17) is 9.47 Å². The Morgan fingerprint density at radius 2 is 1.25 bits per heavy atom. The predicted octanol–water partition coefficient (Wildman–Crippen LogP) is 3.51. The Balaban J connectivity index is 1.61. The molecule has 3 N–H and O–H groups in total. The fourth-order valence-electron chi connectivity index (χ4n) is 3.50. The Bertz CT molecular complexity index is 700. The minimum atomic E-state index is -0.638. The molecule has 3 rings (SSSR count). The van der Waals surface area contributed by atoms with E-state index in [2.05, 4.69) is 24.5 Å². The first-order chi connectivity index (χ1) is 13.7. The van der Waals surface area contributed by atoms with Crippen LogP contribution in [0.3, 0.4) is 0 Å². The topological polar surface area (TPSA) is 62.8 Å². The molecule has 5 nitrogen and oxygen atoms in total. The highest BCUT2D eigenvalue weighted by molar-refractivity contribution is 5.79. The summed E-state index contributed by atoms with van der Waals surface area (Å²) in [6, 6.07) is 12.0. The van der Waals surface area contributed by atoms with E-state index in [-0.39, 0.29) is 0 Å². The molecule has 1 aliphatic rings. The molecule has 0 saturated heterocycles. The summed E-state index contributed by atoms with van der Waals surface area (Å²) in [5.41, 5.74) is 3.95. The fraction of sp³-hybridized carbons (Fsp3) is 0.478. The molecule has 28 heavy (non-hydrogen) atoms. The lowest BCUT2D eigenvalue weighted by Gasteiger charge is -2.11. The highest BCUT2D eigenvalue weighted by Crippen LogP contribution is 2.45. The van der Waals surface area contributed by atoms with Gasteiger partial charge in [0.1, 0.15) is 17.6 Å². The molecule has 0 heterocycles. The normalized spacial score (nSPS) is 12.7. The summed E-state index contributed by atoms with van der Waals surface area (Å²) in [7, 11) is 0. The maximum absolute atomic E-state index is 10.8. The van der Waals surface area contributed by atoms with Gasteiger partial charge in [0.2, 0.25) is 0 Å². The minimum absolute atomic E-state index is 0.638. The summed E-state index contributed by atoms with van der Waals surface area (Å²) >= 11 is 0. The number of rotatable bonds is 12. The van der Waals surface area contributed by atoms with Crippen LogP contribution in [0.4, 0.5) is 0 Å². The second kappa shape index (κ2) is 10.5. The maximum Gasteiger partial charge on any atom is 0.119 e. The zero-order valence-electron chi connectivity index (χ0n) is 17.0. The van der Waals surface area contributed by atoms with E-state index in [1.807, 2.05) is 36.4 Å². The third kappa shape index (κ3) is 5.04. The zero-order chi connectivity index (χ0) is 19.8. The first-order valence-electron chi connectivity index (χ1n) is 10.4. The van der Waals surface area contributed by atoms with Gasteiger partial charge in [0, 0.05) is 0 Å². The third-order valence-electron chi connectivity index (χ3n) is 4.96. The standard InChI is InChI=1S/C23H32N2O3/c1-3-24-11-5-13-27-17-7-9-19-20-10-8-18(28-14-6-12-25-4-2)16-22(20)23(26)21(19)15-17/h7-10,15-16,23-26H,3-6,11-14H2,1-2H3. The van der Waals surface area contributed by atoms with Gasteiger partial charge in [-0.1, -0.05) is 26.0 Å². The Morgan fingerprint density at radius 1 is 0.786 bits per heavy atom. The molecule has 5 heteroatoms. The maximum atomic E-state index is 10.8. The van der Waals surface area contributed by atoms with Crippen LogP contribution < -0.4 is 20.1 Å². The molecule has 0 spiro atoms. The van der Waals surface area contributed by atoms with Gasteiger partial charge in [-0.3, -0.25) is 0 Å². The van der Waals surface area contributed by atoms with E-state index in [9.17, 15) is 5.11 Å². The van der Waals surface area contributed by atoms with Gasteiger partial charge in [0.25, 0.3) is 0 Å². The van der Waals surface area contributed by atoms with Gasteiger partial charge in [-0.2, -0.15) is 0 Å². The molecule has 2 aromatic carbocycles. The molecule has 0 aliphatic heterocycles. The monoisotopic (exact) mass is 384 g/mol. The number of hydrogen-bond donors (Lipinski definition) is 3. The number of aliphatic hydroxyl groups excluding tert-OH is 1. The van der Waals surface area contributed by atoms with Crippen molar-refractivity contribution in [3.8, 4) is 22.6 Å². The smallest absolute Gasteiger partial charge is 0.119 e. The zero-order valence-corrected chi connectivity index (χ0v) is 17.0. The quantitative estimate of drug-likeness (QED) is 0.489. The molecule has 0 aromatic heterocycles. The SMILES string of the molecule is CCNCCCOc1ccc2c(c1)C(O)c1cc(OCCCNCC)ccc1-2. The van der Waals surface area contributed by atoms with Crippen LogP contribution in [0.15, 0.2) is 36.4 Å². The van der Waals surface area contributed by atoms with Crippen molar-refractivity contribution in [2.45, 2.75) is 32.8 Å². The second-order valence-corrected chi connectivity index (χ2v) is 7.01. The van der Waals surface area contributed by atoms with Gasteiger partial charge in [-0.05, 0) is 85.5 Å². The number of fused-ring (bicyclic) bond motifs is 3. The molecule has 0 fully saturated rings. The molecule has 152 valence electrons. The number of nitrogens with one attached hydrogen (secondary N) is 2. The van der Waals surface area contributed by atoms with E-state index in [0.29, 0.717) is 13.2 Å². The van der Waals surface area contributed by atoms with Crippen molar-refractivity contribution in [2.24, 2.45) is 0 Å². The third-order valence-corrected chi connectivity index (χ3v) is 4.96. The van der Waals surface area contributed by atoms with E-state index >= 15 is 0 Å². The molecular formula is C23H32N2O3. The lowest BCUT2D eigenvalue weighted by molar-refractivity contribution is 0.223. The van der Waals surface area contributed by atoms with Crippen molar-refractivity contribution in [3.05, 3.63) is 47.5 Å². The highest BCUT2D eigenvalue weighted by Gasteiger charge is 2.28. The summed E-state index contributed by atoms with van der Waals surface area (Å²) in [4.78, 5) is 0. The lowest BCUT2D eigenvalue weighted by Crippen LogP contribution is -2.16. The number of aliphatic hydroxyl groups is 1. The van der Waals surface area contributed by atoms with Crippen molar-refractivity contribution in [2.75, 3.05) is 39.4 Å². The molecule has 1 aliphatic carbocycles. The van der Waals surface area contributed by atoms with Gasteiger partial charge >= 0.3 is 0 Å². The van der Waals surface area contributed by atoms with Gasteiger partial charge in [-0.15, -0.1) is 0 Å². The van der Waals surface area contributed by atoms with Crippen LogP contribution in [-0.4, -0.2) is 44.5 Å². The Kier molecular flexibility index (Phi) is 7.71. The van der Waals surface area contributed by atoms with Crippen LogP contribution in [0.25, 0.3) is 11.1 Å². The van der Waals surface area contributed by atoms with Crippen LogP contribution >= 0.6 is 0 Å². The molecular weight excluding hydrogens is 352 g/mol. The summed E-state index contributed by atoms with van der Waals surface area (Å²) in [5, 5.41) is 17.4. The van der Waals surface area contributed by atoms with Crippen molar-refractivity contribution >= 4 is 0 Å². The summed E-state index contributed by atoms with van der Waals surface area (Å²) in [6.45, 7) is 9.38. The Labute approximate surface area is 168 Å². The molecule has 0 bridgehead atoms. The van der Waals surface area contributed by atoms with Crippen LogP contribution in [0, 0.1) is 0 Å². The van der Waals surface area contributed by atoms with Gasteiger partial charge < -0.3 is 25.2 Å². The van der Waals surface area contributed by atoms with Crippen molar-refractivity contribution in [1.82, 2.24) is 10.6 Å².